The third kappa shape index (κ3) is 3.67. The van der Waals surface area contributed by atoms with Gasteiger partial charge >= 0.3 is 11.9 Å². The number of esters is 1. The maximum Gasteiger partial charge on any atom is 0.316 e. The Morgan fingerprint density at radius 2 is 2.32 bits per heavy atom. The van der Waals surface area contributed by atoms with E-state index in [2.05, 4.69) is 20.0 Å². The zero-order valence-corrected chi connectivity index (χ0v) is 12.1. The van der Waals surface area contributed by atoms with Crippen LogP contribution >= 0.6 is 11.8 Å². The molecule has 0 unspecified atom stereocenters. The second-order valence-electron chi connectivity index (χ2n) is 3.83. The van der Waals surface area contributed by atoms with E-state index in [1.807, 2.05) is 0 Å². The van der Waals surface area contributed by atoms with Gasteiger partial charge in [0.2, 0.25) is 0 Å². The van der Waals surface area contributed by atoms with Gasteiger partial charge in [0, 0.05) is 0 Å². The molecule has 114 valence electrons. The fourth-order valence-corrected chi connectivity index (χ4v) is 2.05. The molecule has 0 radical (unpaired) electrons. The largest absolute Gasteiger partial charge is 0.468 e. The molecule has 2 heterocycles. The maximum atomic E-state index is 11.9. The lowest BCUT2D eigenvalue weighted by atomic mass is 10.3. The number of carbonyl (C=O) groups is 3. The highest BCUT2D eigenvalue weighted by atomic mass is 32.2. The number of amides is 2. The third-order valence-corrected chi connectivity index (χ3v) is 3.22. The summed E-state index contributed by atoms with van der Waals surface area (Å²) < 4.78 is 9.31. The number of methoxy groups -OCH3 is 1. The summed E-state index contributed by atoms with van der Waals surface area (Å²) in [5.41, 5.74) is -0.427. The number of rotatable bonds is 3. The summed E-state index contributed by atoms with van der Waals surface area (Å²) in [6.07, 6.45) is 1.29. The molecule has 1 aromatic heterocycles. The van der Waals surface area contributed by atoms with Crippen molar-refractivity contribution in [2.24, 2.45) is 9.98 Å². The van der Waals surface area contributed by atoms with Crippen molar-refractivity contribution in [1.29, 1.82) is 5.41 Å². The Morgan fingerprint density at radius 1 is 1.55 bits per heavy atom. The smallest absolute Gasteiger partial charge is 0.316 e. The lowest BCUT2D eigenvalue weighted by Crippen LogP contribution is -2.43. The summed E-state index contributed by atoms with van der Waals surface area (Å²) in [5.74, 6) is -2.64. The molecule has 9 nitrogen and oxygen atoms in total. The van der Waals surface area contributed by atoms with Crippen molar-refractivity contribution in [3.05, 3.63) is 24.2 Å². The first kappa shape index (κ1) is 15.6. The van der Waals surface area contributed by atoms with E-state index in [9.17, 15) is 14.4 Å². The number of hydrogen-bond acceptors (Lipinski definition) is 7. The molecule has 0 spiro atoms. The minimum atomic E-state index is -0.791. The standard InChI is InChI=1S/C12H10N4O5S/c1-20-7(17)5-22-12-15-9(13)8(11(19)16-12)14-10(18)6-3-2-4-21-6/h2-4H,5H2,1H3,(H2,13,15,16,19). The van der Waals surface area contributed by atoms with Crippen molar-refractivity contribution < 1.29 is 23.5 Å². The van der Waals surface area contributed by atoms with E-state index in [4.69, 9.17) is 9.83 Å². The number of ether oxygens (including phenoxy) is 1. The van der Waals surface area contributed by atoms with Crippen LogP contribution in [0.25, 0.3) is 0 Å². The van der Waals surface area contributed by atoms with Crippen molar-refractivity contribution in [2.75, 3.05) is 12.9 Å². The highest BCUT2D eigenvalue weighted by molar-refractivity contribution is 8.14. The Morgan fingerprint density at radius 3 is 2.91 bits per heavy atom. The van der Waals surface area contributed by atoms with Gasteiger partial charge < -0.3 is 9.15 Å². The predicted octanol–water partition coefficient (Wildman–Crippen LogP) is 0.230. The van der Waals surface area contributed by atoms with Crippen LogP contribution in [0.4, 0.5) is 0 Å². The lowest BCUT2D eigenvalue weighted by molar-refractivity contribution is -0.137. The molecule has 0 aromatic carbocycles. The summed E-state index contributed by atoms with van der Waals surface area (Å²) in [7, 11) is 1.23. The number of carbonyl (C=O) groups excluding carboxylic acids is 3. The van der Waals surface area contributed by atoms with Crippen molar-refractivity contribution in [2.45, 2.75) is 0 Å². The van der Waals surface area contributed by atoms with Gasteiger partial charge in [-0.2, -0.15) is 4.99 Å². The molecule has 2 amide bonds. The third-order valence-electron chi connectivity index (χ3n) is 2.37. The molecular weight excluding hydrogens is 312 g/mol. The molecule has 10 heteroatoms. The molecule has 0 fully saturated rings. The summed E-state index contributed by atoms with van der Waals surface area (Å²) in [4.78, 5) is 41.9. The molecule has 1 aromatic rings. The van der Waals surface area contributed by atoms with Crippen LogP contribution < -0.4 is 5.32 Å². The van der Waals surface area contributed by atoms with Gasteiger partial charge in [0.15, 0.2) is 22.5 Å². The number of furan rings is 1. The highest BCUT2D eigenvalue weighted by Gasteiger charge is 2.26. The van der Waals surface area contributed by atoms with E-state index in [0.717, 1.165) is 11.8 Å². The second-order valence-corrected chi connectivity index (χ2v) is 4.79. The minimum Gasteiger partial charge on any atom is -0.468 e. The van der Waals surface area contributed by atoms with Crippen LogP contribution in [0.3, 0.4) is 0 Å². The zero-order valence-electron chi connectivity index (χ0n) is 11.3. The number of aliphatic imine (C=N–C) groups is 2. The van der Waals surface area contributed by atoms with E-state index in [0.29, 0.717) is 0 Å². The average molecular weight is 322 g/mol. The quantitative estimate of drug-likeness (QED) is 0.765. The Kier molecular flexibility index (Phi) is 4.84. The van der Waals surface area contributed by atoms with Crippen LogP contribution in [0.5, 0.6) is 0 Å². The summed E-state index contributed by atoms with van der Waals surface area (Å²) in [5, 5.41) is 10.1. The Balaban J connectivity index is 2.11. The average Bonchev–Trinajstić information content (AvgIpc) is 3.02. The predicted molar refractivity (Wildman–Crippen MR) is 78.3 cm³/mol. The monoisotopic (exact) mass is 322 g/mol. The molecule has 0 saturated carbocycles. The number of nitrogens with one attached hydrogen (secondary N) is 2. The lowest BCUT2D eigenvalue weighted by Gasteiger charge is -2.14. The van der Waals surface area contributed by atoms with Gasteiger partial charge in [0.25, 0.3) is 5.91 Å². The van der Waals surface area contributed by atoms with Crippen LogP contribution in [0.15, 0.2) is 32.8 Å². The van der Waals surface area contributed by atoms with Crippen molar-refractivity contribution >= 4 is 46.3 Å². The van der Waals surface area contributed by atoms with Gasteiger partial charge in [-0.15, -0.1) is 0 Å². The molecule has 0 atom stereocenters. The van der Waals surface area contributed by atoms with Gasteiger partial charge in [-0.05, 0) is 12.1 Å². The fourth-order valence-electron chi connectivity index (χ4n) is 1.36. The molecular formula is C12H10N4O5S. The molecule has 22 heavy (non-hydrogen) atoms. The maximum absolute atomic E-state index is 11.9. The Hall–Kier alpha value is -2.75. The number of nitrogens with zero attached hydrogens (tertiary/aromatic N) is 2. The first-order chi connectivity index (χ1) is 10.5. The van der Waals surface area contributed by atoms with E-state index in [-0.39, 0.29) is 16.7 Å². The highest BCUT2D eigenvalue weighted by Crippen LogP contribution is 2.09. The zero-order chi connectivity index (χ0) is 16.1. The van der Waals surface area contributed by atoms with Gasteiger partial charge in [0.1, 0.15) is 0 Å². The van der Waals surface area contributed by atoms with Crippen LogP contribution in [-0.2, 0) is 14.3 Å². The number of hydrogen-bond donors (Lipinski definition) is 2. The van der Waals surface area contributed by atoms with Crippen LogP contribution in [0, 0.1) is 5.41 Å². The van der Waals surface area contributed by atoms with E-state index in [1.54, 1.807) is 0 Å². The normalized spacial score (nSPS) is 16.2. The van der Waals surface area contributed by atoms with Gasteiger partial charge in [-0.25, -0.2) is 4.99 Å². The molecule has 0 aliphatic carbocycles. The minimum absolute atomic E-state index is 0.0528. The molecule has 1 aliphatic rings. The number of thioether (sulfide) groups is 1. The molecule has 2 rings (SSSR count). The Bertz CT molecular complexity index is 692. The van der Waals surface area contributed by atoms with Crippen molar-refractivity contribution in [3.63, 3.8) is 0 Å². The van der Waals surface area contributed by atoms with E-state index >= 15 is 0 Å². The van der Waals surface area contributed by atoms with Crippen molar-refractivity contribution in [1.82, 2.24) is 5.32 Å². The van der Waals surface area contributed by atoms with E-state index in [1.165, 1.54) is 25.5 Å². The summed E-state index contributed by atoms with van der Waals surface area (Å²) >= 11 is 0.900. The fraction of sp³-hybridized carbons (Fsp3) is 0.167. The molecule has 0 saturated heterocycles. The molecule has 1 aliphatic heterocycles. The van der Waals surface area contributed by atoms with Crippen molar-refractivity contribution in [3.8, 4) is 0 Å². The number of amidine groups is 2. The van der Waals surface area contributed by atoms with Crippen LogP contribution in [0.2, 0.25) is 0 Å². The van der Waals surface area contributed by atoms with Gasteiger partial charge in [0.05, 0.1) is 19.1 Å². The Labute approximate surface area is 128 Å². The second kappa shape index (κ2) is 6.80. The van der Waals surface area contributed by atoms with Gasteiger partial charge in [-0.1, -0.05) is 11.8 Å². The summed E-state index contributed by atoms with van der Waals surface area (Å²) in [6.45, 7) is 0. The molecule has 0 bridgehead atoms. The first-order valence-electron chi connectivity index (χ1n) is 5.86. The van der Waals surface area contributed by atoms with Crippen LogP contribution in [-0.4, -0.2) is 47.4 Å². The SMILES string of the molecule is COC(=O)CSC1=NC(=N)C(=NC(=O)c2ccco2)C(=O)N1. The van der Waals surface area contributed by atoms with Crippen LogP contribution in [0.1, 0.15) is 10.6 Å². The van der Waals surface area contributed by atoms with Gasteiger partial charge in [-0.3, -0.25) is 25.1 Å². The topological polar surface area (TPSA) is 134 Å². The first-order valence-corrected chi connectivity index (χ1v) is 6.85. The van der Waals surface area contributed by atoms with E-state index < -0.39 is 29.3 Å². The molecule has 2 N–H and O–H groups in total. The summed E-state index contributed by atoms with van der Waals surface area (Å²) in [6, 6.07) is 2.89.